The monoisotopic (exact) mass is 371 g/mol. The molecule has 0 radical (unpaired) electrons. The van der Waals surface area contributed by atoms with E-state index in [1.807, 2.05) is 0 Å². The van der Waals surface area contributed by atoms with Gasteiger partial charge in [0.1, 0.15) is 5.75 Å². The second-order valence-electron chi connectivity index (χ2n) is 5.46. The van der Waals surface area contributed by atoms with Gasteiger partial charge in [0.2, 0.25) is 0 Å². The Morgan fingerprint density at radius 2 is 2.04 bits per heavy atom. The molecule has 1 aromatic heterocycles. The number of amides is 1. The van der Waals surface area contributed by atoms with E-state index in [1.54, 1.807) is 7.05 Å². The summed E-state index contributed by atoms with van der Waals surface area (Å²) in [6, 6.07) is 5.21. The SMILES string of the molecule is CN1CCNc2ncc(C(F)(F)F)cc2Oc2ccc(Cl)cc2C1=O. The molecule has 0 saturated heterocycles. The summed E-state index contributed by atoms with van der Waals surface area (Å²) in [7, 11) is 1.61. The van der Waals surface area contributed by atoms with Crippen LogP contribution in [0.2, 0.25) is 5.02 Å². The van der Waals surface area contributed by atoms with Gasteiger partial charge in [-0.15, -0.1) is 0 Å². The largest absolute Gasteiger partial charge is 0.453 e. The van der Waals surface area contributed by atoms with Gasteiger partial charge in [-0.1, -0.05) is 11.6 Å². The van der Waals surface area contributed by atoms with Crippen molar-refractivity contribution in [2.75, 3.05) is 25.5 Å². The van der Waals surface area contributed by atoms with Crippen LogP contribution in [0.4, 0.5) is 19.0 Å². The predicted molar refractivity (Wildman–Crippen MR) is 86.2 cm³/mol. The van der Waals surface area contributed by atoms with Crippen LogP contribution in [0.25, 0.3) is 0 Å². The Kier molecular flexibility index (Phi) is 4.47. The van der Waals surface area contributed by atoms with E-state index in [1.165, 1.54) is 23.1 Å². The summed E-state index contributed by atoms with van der Waals surface area (Å²) in [5.74, 6) is -0.192. The van der Waals surface area contributed by atoms with Gasteiger partial charge in [0, 0.05) is 31.4 Å². The summed E-state index contributed by atoms with van der Waals surface area (Å²) in [5, 5.41) is 3.20. The van der Waals surface area contributed by atoms with Gasteiger partial charge in [0.05, 0.1) is 11.1 Å². The number of aromatic nitrogens is 1. The molecule has 1 aromatic carbocycles. The molecule has 0 spiro atoms. The van der Waals surface area contributed by atoms with Crippen molar-refractivity contribution < 1.29 is 22.7 Å². The Balaban J connectivity index is 2.12. The number of hydrogen-bond acceptors (Lipinski definition) is 4. The zero-order chi connectivity index (χ0) is 18.2. The summed E-state index contributed by atoms with van der Waals surface area (Å²) >= 11 is 5.94. The van der Waals surface area contributed by atoms with Crippen molar-refractivity contribution in [2.24, 2.45) is 0 Å². The highest BCUT2D eigenvalue weighted by Gasteiger charge is 2.32. The van der Waals surface area contributed by atoms with Crippen LogP contribution in [0.1, 0.15) is 15.9 Å². The zero-order valence-electron chi connectivity index (χ0n) is 13.0. The fourth-order valence-corrected chi connectivity index (χ4v) is 2.51. The van der Waals surface area contributed by atoms with Crippen molar-refractivity contribution >= 4 is 23.3 Å². The van der Waals surface area contributed by atoms with Crippen LogP contribution in [0.15, 0.2) is 30.5 Å². The third-order valence-electron chi connectivity index (χ3n) is 3.66. The summed E-state index contributed by atoms with van der Waals surface area (Å²) in [6.45, 7) is 0.625. The van der Waals surface area contributed by atoms with Gasteiger partial charge >= 0.3 is 6.18 Å². The van der Waals surface area contributed by atoms with Crippen molar-refractivity contribution in [3.8, 4) is 11.5 Å². The average Bonchev–Trinajstić information content (AvgIpc) is 2.55. The average molecular weight is 372 g/mol. The first-order valence-electron chi connectivity index (χ1n) is 7.29. The number of fused-ring (bicyclic) bond motifs is 2. The lowest BCUT2D eigenvalue weighted by atomic mass is 10.1. The molecule has 3 rings (SSSR count). The molecule has 9 heteroatoms. The lowest BCUT2D eigenvalue weighted by Crippen LogP contribution is -2.32. The number of benzene rings is 1. The first kappa shape index (κ1) is 17.3. The number of ether oxygens (including phenoxy) is 1. The van der Waals surface area contributed by atoms with Gasteiger partial charge in [-0.3, -0.25) is 4.79 Å². The molecule has 0 fully saturated rings. The van der Waals surface area contributed by atoms with Crippen molar-refractivity contribution in [1.29, 1.82) is 0 Å². The standard InChI is InChI=1S/C16H13ClF3N3O2/c1-23-5-4-21-14-13(6-9(8-22-14)16(18,19)20)25-12-3-2-10(17)7-11(12)15(23)24/h2-3,6-8H,4-5H2,1H3,(H,21,22). The van der Waals surface area contributed by atoms with Crippen molar-refractivity contribution in [3.05, 3.63) is 46.6 Å². The Bertz CT molecular complexity index is 827. The summed E-state index contributed by atoms with van der Waals surface area (Å²) < 4.78 is 44.5. The maximum Gasteiger partial charge on any atom is 0.418 e. The number of likely N-dealkylation sites (N-methyl/N-ethyl adjacent to an activating group) is 1. The Morgan fingerprint density at radius 1 is 1.28 bits per heavy atom. The quantitative estimate of drug-likeness (QED) is 0.759. The molecule has 0 atom stereocenters. The van der Waals surface area contributed by atoms with Gasteiger partial charge in [0.15, 0.2) is 11.6 Å². The predicted octanol–water partition coefficient (Wildman–Crippen LogP) is 4.04. The zero-order valence-corrected chi connectivity index (χ0v) is 13.8. The molecular weight excluding hydrogens is 359 g/mol. The highest BCUT2D eigenvalue weighted by atomic mass is 35.5. The Labute approximate surface area is 146 Å². The lowest BCUT2D eigenvalue weighted by Gasteiger charge is -2.23. The van der Waals surface area contributed by atoms with E-state index < -0.39 is 11.7 Å². The molecule has 1 N–H and O–H groups in total. The van der Waals surface area contributed by atoms with E-state index in [-0.39, 0.29) is 28.8 Å². The van der Waals surface area contributed by atoms with E-state index >= 15 is 0 Å². The fourth-order valence-electron chi connectivity index (χ4n) is 2.34. The second kappa shape index (κ2) is 6.44. The third kappa shape index (κ3) is 3.63. The van der Waals surface area contributed by atoms with Crippen LogP contribution in [-0.2, 0) is 6.18 Å². The number of pyridine rings is 1. The number of carbonyl (C=O) groups is 1. The fraction of sp³-hybridized carbons (Fsp3) is 0.250. The Morgan fingerprint density at radius 3 is 2.76 bits per heavy atom. The van der Waals surface area contributed by atoms with Gasteiger partial charge in [-0.25, -0.2) is 4.98 Å². The molecule has 0 bridgehead atoms. The maximum atomic E-state index is 13.0. The molecule has 2 heterocycles. The van der Waals surface area contributed by atoms with Gasteiger partial charge < -0.3 is 15.0 Å². The minimum Gasteiger partial charge on any atom is -0.453 e. The molecule has 0 unspecified atom stereocenters. The van der Waals surface area contributed by atoms with Crippen molar-refractivity contribution in [1.82, 2.24) is 9.88 Å². The van der Waals surface area contributed by atoms with Crippen LogP contribution in [0.5, 0.6) is 11.5 Å². The highest BCUT2D eigenvalue weighted by molar-refractivity contribution is 6.31. The second-order valence-corrected chi connectivity index (χ2v) is 5.90. The van der Waals surface area contributed by atoms with Gasteiger partial charge in [-0.05, 0) is 24.3 Å². The molecule has 1 aliphatic rings. The van der Waals surface area contributed by atoms with E-state index in [9.17, 15) is 18.0 Å². The van der Waals surface area contributed by atoms with E-state index in [2.05, 4.69) is 10.3 Å². The number of hydrogen-bond donors (Lipinski definition) is 1. The molecule has 132 valence electrons. The van der Waals surface area contributed by atoms with Gasteiger partial charge in [-0.2, -0.15) is 13.2 Å². The summed E-state index contributed by atoms with van der Waals surface area (Å²) in [6.07, 6.45) is -3.82. The number of anilines is 1. The molecule has 25 heavy (non-hydrogen) atoms. The smallest absolute Gasteiger partial charge is 0.418 e. The highest BCUT2D eigenvalue weighted by Crippen LogP contribution is 2.37. The lowest BCUT2D eigenvalue weighted by molar-refractivity contribution is -0.137. The molecule has 1 aliphatic heterocycles. The molecule has 2 aromatic rings. The minimum absolute atomic E-state index is 0.104. The molecule has 1 amide bonds. The van der Waals surface area contributed by atoms with E-state index in [0.717, 1.165) is 12.3 Å². The topological polar surface area (TPSA) is 54.5 Å². The Hall–Kier alpha value is -2.48. The van der Waals surface area contributed by atoms with Crippen LogP contribution >= 0.6 is 11.6 Å². The third-order valence-corrected chi connectivity index (χ3v) is 3.89. The van der Waals surface area contributed by atoms with Crippen LogP contribution < -0.4 is 10.1 Å². The molecular formula is C16H13ClF3N3O2. The number of carbonyl (C=O) groups excluding carboxylic acids is 1. The van der Waals surface area contributed by atoms with Crippen molar-refractivity contribution in [3.63, 3.8) is 0 Å². The van der Waals surface area contributed by atoms with Crippen LogP contribution in [0, 0.1) is 0 Å². The molecule has 0 saturated carbocycles. The van der Waals surface area contributed by atoms with Gasteiger partial charge in [0.25, 0.3) is 5.91 Å². The number of rotatable bonds is 0. The number of nitrogens with one attached hydrogen (secondary N) is 1. The normalized spacial score (nSPS) is 14.9. The van der Waals surface area contributed by atoms with Crippen LogP contribution in [-0.4, -0.2) is 35.9 Å². The first-order valence-corrected chi connectivity index (χ1v) is 7.67. The summed E-state index contributed by atoms with van der Waals surface area (Å²) in [5.41, 5.74) is -0.774. The number of halogens is 4. The van der Waals surface area contributed by atoms with E-state index in [0.29, 0.717) is 18.1 Å². The summed E-state index contributed by atoms with van der Waals surface area (Å²) in [4.78, 5) is 17.8. The minimum atomic E-state index is -4.56. The first-order chi connectivity index (χ1) is 11.8. The van der Waals surface area contributed by atoms with E-state index in [4.69, 9.17) is 16.3 Å². The maximum absolute atomic E-state index is 13.0. The molecule has 5 nitrogen and oxygen atoms in total. The molecule has 0 aliphatic carbocycles. The number of nitrogens with zero attached hydrogens (tertiary/aromatic N) is 2. The number of alkyl halides is 3. The van der Waals surface area contributed by atoms with Crippen molar-refractivity contribution in [2.45, 2.75) is 6.18 Å². The van der Waals surface area contributed by atoms with Crippen LogP contribution in [0.3, 0.4) is 0 Å².